The van der Waals surface area contributed by atoms with Gasteiger partial charge in [0.2, 0.25) is 11.1 Å². The first-order valence-electron chi connectivity index (χ1n) is 8.70. The molecule has 0 saturated heterocycles. The second kappa shape index (κ2) is 9.78. The van der Waals surface area contributed by atoms with E-state index >= 15 is 0 Å². The monoisotopic (exact) mass is 485 g/mol. The first-order chi connectivity index (χ1) is 14.2. The molecule has 2 aromatic carbocycles. The van der Waals surface area contributed by atoms with Crippen molar-refractivity contribution in [2.75, 3.05) is 16.9 Å². The van der Waals surface area contributed by atoms with Crippen LogP contribution in [0.25, 0.3) is 0 Å². The molecule has 3 aromatic rings. The van der Waals surface area contributed by atoms with E-state index in [1.54, 1.807) is 0 Å². The highest BCUT2D eigenvalue weighted by molar-refractivity contribution is 7.99. The molecule has 0 unspecified atom stereocenters. The van der Waals surface area contributed by atoms with Crippen molar-refractivity contribution in [2.24, 2.45) is 0 Å². The summed E-state index contributed by atoms with van der Waals surface area (Å²) < 4.78 is 7.05. The van der Waals surface area contributed by atoms with E-state index < -0.39 is 0 Å². The third-order valence-electron chi connectivity index (χ3n) is 3.90. The van der Waals surface area contributed by atoms with Crippen LogP contribution in [-0.4, -0.2) is 26.5 Å². The number of hydrogen-bond acceptors (Lipinski definition) is 6. The van der Waals surface area contributed by atoms with Gasteiger partial charge in [-0.15, -0.1) is 10.2 Å². The Bertz CT molecular complexity index is 1050. The summed E-state index contributed by atoms with van der Waals surface area (Å²) >= 11 is 19.2. The quantitative estimate of drug-likeness (QED) is 0.365. The van der Waals surface area contributed by atoms with Crippen molar-refractivity contribution in [3.05, 3.63) is 62.4 Å². The molecule has 0 aliphatic carbocycles. The summed E-state index contributed by atoms with van der Waals surface area (Å²) in [4.78, 5) is 12.3. The van der Waals surface area contributed by atoms with Gasteiger partial charge in [-0.25, -0.2) is 4.68 Å². The maximum absolute atomic E-state index is 12.3. The molecule has 0 saturated carbocycles. The lowest BCUT2D eigenvalue weighted by atomic mass is 10.1. The highest BCUT2D eigenvalue weighted by Crippen LogP contribution is 2.33. The average molecular weight is 487 g/mol. The zero-order valence-corrected chi connectivity index (χ0v) is 19.2. The van der Waals surface area contributed by atoms with Crippen molar-refractivity contribution in [1.29, 1.82) is 0 Å². The molecule has 0 fully saturated rings. The number of rotatable bonds is 7. The van der Waals surface area contributed by atoms with Gasteiger partial charge in [-0.05, 0) is 49.2 Å². The SMILES string of the molecule is Cc1cc(C)cc(OCc2nnc(SCC(=O)Nc3c(Cl)cc(Cl)cc3Cl)n2N)c1. The van der Waals surface area contributed by atoms with E-state index in [0.717, 1.165) is 28.6 Å². The molecule has 7 nitrogen and oxygen atoms in total. The van der Waals surface area contributed by atoms with Gasteiger partial charge in [0.1, 0.15) is 12.4 Å². The van der Waals surface area contributed by atoms with E-state index in [2.05, 4.69) is 21.6 Å². The second-order valence-electron chi connectivity index (χ2n) is 6.46. The van der Waals surface area contributed by atoms with Crippen LogP contribution in [0, 0.1) is 13.8 Å². The Balaban J connectivity index is 1.58. The first kappa shape index (κ1) is 22.6. The molecule has 11 heteroatoms. The van der Waals surface area contributed by atoms with Crippen molar-refractivity contribution in [2.45, 2.75) is 25.6 Å². The van der Waals surface area contributed by atoms with Crippen LogP contribution >= 0.6 is 46.6 Å². The highest BCUT2D eigenvalue weighted by Gasteiger charge is 2.15. The fourth-order valence-corrected chi connectivity index (χ4v) is 4.22. The Hall–Kier alpha value is -2.13. The van der Waals surface area contributed by atoms with Crippen LogP contribution in [-0.2, 0) is 11.4 Å². The number of benzene rings is 2. The van der Waals surface area contributed by atoms with Crippen LogP contribution in [0.2, 0.25) is 15.1 Å². The van der Waals surface area contributed by atoms with Gasteiger partial charge < -0.3 is 15.9 Å². The number of amides is 1. The van der Waals surface area contributed by atoms with Gasteiger partial charge in [0.05, 0.1) is 21.5 Å². The molecule has 3 N–H and O–H groups in total. The van der Waals surface area contributed by atoms with Crippen LogP contribution in [0.5, 0.6) is 5.75 Å². The predicted octanol–water partition coefficient (Wildman–Crippen LogP) is 4.88. The summed E-state index contributed by atoms with van der Waals surface area (Å²) in [5, 5.41) is 11.9. The Morgan fingerprint density at radius 1 is 1.10 bits per heavy atom. The number of nitrogens with one attached hydrogen (secondary N) is 1. The zero-order valence-electron chi connectivity index (χ0n) is 16.1. The van der Waals surface area contributed by atoms with Gasteiger partial charge in [-0.3, -0.25) is 4.79 Å². The third kappa shape index (κ3) is 5.72. The first-order valence-corrected chi connectivity index (χ1v) is 10.8. The van der Waals surface area contributed by atoms with Gasteiger partial charge in [0.15, 0.2) is 5.82 Å². The van der Waals surface area contributed by atoms with Crippen molar-refractivity contribution in [3.63, 3.8) is 0 Å². The molecule has 0 radical (unpaired) electrons. The summed E-state index contributed by atoms with van der Waals surface area (Å²) in [5.74, 6) is 6.89. The third-order valence-corrected chi connectivity index (χ3v) is 5.66. The maximum atomic E-state index is 12.3. The van der Waals surface area contributed by atoms with E-state index in [1.807, 2.05) is 26.0 Å². The lowest BCUT2D eigenvalue weighted by Gasteiger charge is -2.10. The molecular formula is C19H18Cl3N5O2S. The molecule has 30 heavy (non-hydrogen) atoms. The normalized spacial score (nSPS) is 10.8. The summed E-state index contributed by atoms with van der Waals surface area (Å²) in [6.07, 6.45) is 0. The number of ether oxygens (including phenoxy) is 1. The molecule has 0 bridgehead atoms. The van der Waals surface area contributed by atoms with Crippen LogP contribution < -0.4 is 15.9 Å². The minimum absolute atomic E-state index is 0.0303. The Morgan fingerprint density at radius 2 is 1.73 bits per heavy atom. The molecule has 0 atom stereocenters. The van der Waals surface area contributed by atoms with Crippen LogP contribution in [0.3, 0.4) is 0 Å². The van der Waals surface area contributed by atoms with Crippen molar-refractivity contribution >= 4 is 58.2 Å². The Morgan fingerprint density at radius 3 is 2.37 bits per heavy atom. The van der Waals surface area contributed by atoms with E-state index in [-0.39, 0.29) is 28.3 Å². The summed E-state index contributed by atoms with van der Waals surface area (Å²) in [6.45, 7) is 4.14. The van der Waals surface area contributed by atoms with E-state index in [1.165, 1.54) is 16.8 Å². The van der Waals surface area contributed by atoms with E-state index in [0.29, 0.717) is 21.7 Å². The molecule has 0 aliphatic heterocycles. The number of carbonyl (C=O) groups is 1. The predicted molar refractivity (Wildman–Crippen MR) is 121 cm³/mol. The summed E-state index contributed by atoms with van der Waals surface area (Å²) in [6, 6.07) is 8.91. The number of halogens is 3. The maximum Gasteiger partial charge on any atom is 0.234 e. The number of anilines is 1. The van der Waals surface area contributed by atoms with Crippen LogP contribution in [0.4, 0.5) is 5.69 Å². The Labute approximate surface area is 192 Å². The Kier molecular flexibility index (Phi) is 7.36. The van der Waals surface area contributed by atoms with Crippen molar-refractivity contribution < 1.29 is 9.53 Å². The fourth-order valence-electron chi connectivity index (χ4n) is 2.64. The highest BCUT2D eigenvalue weighted by atomic mass is 35.5. The van der Waals surface area contributed by atoms with Gasteiger partial charge in [-0.2, -0.15) is 0 Å². The molecule has 1 amide bonds. The van der Waals surface area contributed by atoms with Crippen LogP contribution in [0.1, 0.15) is 17.0 Å². The molecule has 3 rings (SSSR count). The number of nitrogens with two attached hydrogens (primary N) is 1. The minimum Gasteiger partial charge on any atom is -0.486 e. The van der Waals surface area contributed by atoms with Crippen LogP contribution in [0.15, 0.2) is 35.5 Å². The smallest absolute Gasteiger partial charge is 0.234 e. The lowest BCUT2D eigenvalue weighted by molar-refractivity contribution is -0.113. The number of aryl methyl sites for hydroxylation is 2. The standard InChI is InChI=1S/C19H18Cl3N5O2S/c1-10-3-11(2)5-13(4-10)29-8-16-25-26-19(27(16)23)30-9-17(28)24-18-14(21)6-12(20)7-15(18)22/h3-7H,8-9,23H2,1-2H3,(H,24,28). The molecule has 1 heterocycles. The summed E-state index contributed by atoms with van der Waals surface area (Å²) in [5.41, 5.74) is 2.50. The van der Waals surface area contributed by atoms with E-state index in [9.17, 15) is 4.79 Å². The largest absolute Gasteiger partial charge is 0.486 e. The topological polar surface area (TPSA) is 95.1 Å². The molecular weight excluding hydrogens is 469 g/mol. The molecule has 1 aromatic heterocycles. The lowest BCUT2D eigenvalue weighted by Crippen LogP contribution is -2.18. The zero-order chi connectivity index (χ0) is 21.8. The van der Waals surface area contributed by atoms with Crippen molar-refractivity contribution in [3.8, 4) is 5.75 Å². The number of nitrogen functional groups attached to an aromatic ring is 1. The van der Waals surface area contributed by atoms with Gasteiger partial charge >= 0.3 is 0 Å². The second-order valence-corrected chi connectivity index (χ2v) is 8.66. The average Bonchev–Trinajstić information content (AvgIpc) is 3.00. The molecule has 0 spiro atoms. The van der Waals surface area contributed by atoms with E-state index in [4.69, 9.17) is 45.4 Å². The number of thioether (sulfide) groups is 1. The number of carbonyl (C=O) groups excluding carboxylic acids is 1. The molecule has 0 aliphatic rings. The van der Waals surface area contributed by atoms with Crippen molar-refractivity contribution in [1.82, 2.24) is 14.9 Å². The van der Waals surface area contributed by atoms with Gasteiger partial charge in [0.25, 0.3) is 0 Å². The summed E-state index contributed by atoms with van der Waals surface area (Å²) in [7, 11) is 0. The molecule has 158 valence electrons. The number of aromatic nitrogens is 3. The number of hydrogen-bond donors (Lipinski definition) is 2. The number of nitrogens with zero attached hydrogens (tertiary/aromatic N) is 3. The van der Waals surface area contributed by atoms with Gasteiger partial charge in [-0.1, -0.05) is 52.6 Å². The fraction of sp³-hybridized carbons (Fsp3) is 0.211. The van der Waals surface area contributed by atoms with Gasteiger partial charge in [0, 0.05) is 5.02 Å². The minimum atomic E-state index is -0.331.